The van der Waals surface area contributed by atoms with Crippen LogP contribution >= 0.6 is 0 Å². The van der Waals surface area contributed by atoms with Gasteiger partial charge >= 0.3 is 5.97 Å². The monoisotopic (exact) mass is 221 g/mol. The second kappa shape index (κ2) is 4.88. The third-order valence-electron chi connectivity index (χ3n) is 2.76. The summed E-state index contributed by atoms with van der Waals surface area (Å²) in [4.78, 5) is 12.4. The van der Waals surface area contributed by atoms with Crippen LogP contribution in [0.1, 0.15) is 26.2 Å². The molecule has 1 saturated heterocycles. The Morgan fingerprint density at radius 1 is 1.47 bits per heavy atom. The van der Waals surface area contributed by atoms with Crippen LogP contribution in [0, 0.1) is 5.92 Å². The molecule has 1 aliphatic heterocycles. The molecule has 15 heavy (non-hydrogen) atoms. The lowest BCUT2D eigenvalue weighted by Crippen LogP contribution is -2.33. The number of carbonyl (C=O) groups is 1. The van der Waals surface area contributed by atoms with Crippen LogP contribution in [0.25, 0.3) is 0 Å². The highest BCUT2D eigenvalue weighted by Crippen LogP contribution is 2.27. The topological polar surface area (TPSA) is 40.5 Å². The predicted octanol–water partition coefficient (Wildman–Crippen LogP) is 1.83. The molecule has 0 bridgehead atoms. The third-order valence-corrected chi connectivity index (χ3v) is 2.76. The molecule has 1 fully saturated rings. The van der Waals surface area contributed by atoms with E-state index in [1.165, 1.54) is 0 Å². The van der Waals surface area contributed by atoms with E-state index in [-0.39, 0.29) is 12.8 Å². The van der Waals surface area contributed by atoms with Crippen molar-refractivity contribution in [2.24, 2.45) is 5.92 Å². The number of hydrogen-bond donors (Lipinski definition) is 1. The SMILES string of the molecule is CC(CN1CCCC(F)(F)CC1)C(=O)O. The summed E-state index contributed by atoms with van der Waals surface area (Å²) in [5, 5.41) is 8.71. The van der Waals surface area contributed by atoms with Gasteiger partial charge in [0.15, 0.2) is 0 Å². The van der Waals surface area contributed by atoms with Gasteiger partial charge in [-0.2, -0.15) is 0 Å². The Labute approximate surface area is 88.1 Å². The van der Waals surface area contributed by atoms with Gasteiger partial charge in [0.1, 0.15) is 0 Å². The molecule has 0 aliphatic carbocycles. The van der Waals surface area contributed by atoms with Gasteiger partial charge in [-0.15, -0.1) is 0 Å². The van der Waals surface area contributed by atoms with Gasteiger partial charge in [-0.3, -0.25) is 4.79 Å². The van der Waals surface area contributed by atoms with Crippen LogP contribution in [0.3, 0.4) is 0 Å². The summed E-state index contributed by atoms with van der Waals surface area (Å²) in [5.41, 5.74) is 0. The average Bonchev–Trinajstić information content (AvgIpc) is 2.28. The number of carboxylic acids is 1. The van der Waals surface area contributed by atoms with Crippen LogP contribution < -0.4 is 0 Å². The van der Waals surface area contributed by atoms with Gasteiger partial charge in [0.25, 0.3) is 0 Å². The minimum atomic E-state index is -2.57. The maximum absolute atomic E-state index is 13.0. The van der Waals surface area contributed by atoms with Crippen molar-refractivity contribution >= 4 is 5.97 Å². The van der Waals surface area contributed by atoms with Gasteiger partial charge in [0.05, 0.1) is 5.92 Å². The number of carboxylic acid groups (broad SMARTS) is 1. The molecule has 1 N–H and O–H groups in total. The molecule has 88 valence electrons. The van der Waals surface area contributed by atoms with Crippen molar-refractivity contribution < 1.29 is 18.7 Å². The molecular formula is C10H17F2NO2. The lowest BCUT2D eigenvalue weighted by Gasteiger charge is -2.21. The summed E-state index contributed by atoms with van der Waals surface area (Å²) in [7, 11) is 0. The van der Waals surface area contributed by atoms with Crippen molar-refractivity contribution in [2.75, 3.05) is 19.6 Å². The first-order valence-electron chi connectivity index (χ1n) is 5.24. The molecule has 0 saturated carbocycles. The van der Waals surface area contributed by atoms with Crippen molar-refractivity contribution in [2.45, 2.75) is 32.1 Å². The van der Waals surface area contributed by atoms with Crippen LogP contribution in [-0.2, 0) is 4.79 Å². The summed E-state index contributed by atoms with van der Waals surface area (Å²) in [6.07, 6.45) is 0.212. The summed E-state index contributed by atoms with van der Waals surface area (Å²) < 4.78 is 26.0. The number of hydrogen-bond acceptors (Lipinski definition) is 2. The van der Waals surface area contributed by atoms with Gasteiger partial charge in [-0.05, 0) is 13.0 Å². The highest BCUT2D eigenvalue weighted by Gasteiger charge is 2.32. The van der Waals surface area contributed by atoms with Gasteiger partial charge < -0.3 is 10.0 Å². The standard InChI is InChI=1S/C10H17F2NO2/c1-8(9(14)15)7-13-5-2-3-10(11,12)4-6-13/h8H,2-7H2,1H3,(H,14,15). The molecule has 1 rings (SSSR count). The molecule has 0 radical (unpaired) electrons. The molecule has 0 aromatic heterocycles. The van der Waals surface area contributed by atoms with E-state index in [4.69, 9.17) is 5.11 Å². The number of halogens is 2. The molecule has 0 aromatic rings. The average molecular weight is 221 g/mol. The Hall–Kier alpha value is -0.710. The van der Waals surface area contributed by atoms with Crippen molar-refractivity contribution in [3.63, 3.8) is 0 Å². The summed E-state index contributed by atoms with van der Waals surface area (Å²) in [6, 6.07) is 0. The van der Waals surface area contributed by atoms with Gasteiger partial charge in [0.2, 0.25) is 5.92 Å². The zero-order valence-corrected chi connectivity index (χ0v) is 8.88. The molecule has 0 amide bonds. The van der Waals surface area contributed by atoms with E-state index in [1.54, 1.807) is 6.92 Å². The highest BCUT2D eigenvalue weighted by molar-refractivity contribution is 5.69. The number of nitrogens with zero attached hydrogens (tertiary/aromatic N) is 1. The highest BCUT2D eigenvalue weighted by atomic mass is 19.3. The Balaban J connectivity index is 2.41. The lowest BCUT2D eigenvalue weighted by molar-refractivity contribution is -0.141. The fraction of sp³-hybridized carbons (Fsp3) is 0.900. The first-order valence-corrected chi connectivity index (χ1v) is 5.24. The fourth-order valence-corrected chi connectivity index (χ4v) is 1.77. The van der Waals surface area contributed by atoms with E-state index < -0.39 is 17.8 Å². The quantitative estimate of drug-likeness (QED) is 0.790. The first-order chi connectivity index (χ1) is 6.91. The fourth-order valence-electron chi connectivity index (χ4n) is 1.77. The molecule has 1 atom stereocenters. The predicted molar refractivity (Wildman–Crippen MR) is 52.0 cm³/mol. The van der Waals surface area contributed by atoms with Crippen LogP contribution in [0.5, 0.6) is 0 Å². The van der Waals surface area contributed by atoms with E-state index >= 15 is 0 Å². The largest absolute Gasteiger partial charge is 0.481 e. The summed E-state index contributed by atoms with van der Waals surface area (Å²) in [5.74, 6) is -3.93. The Morgan fingerprint density at radius 3 is 2.73 bits per heavy atom. The summed E-state index contributed by atoms with van der Waals surface area (Å²) in [6.45, 7) is 2.84. The van der Waals surface area contributed by atoms with Crippen molar-refractivity contribution in [3.05, 3.63) is 0 Å². The Bertz CT molecular complexity index is 233. The minimum absolute atomic E-state index is 0.0784. The molecule has 0 aromatic carbocycles. The second-order valence-electron chi connectivity index (χ2n) is 4.25. The number of aliphatic carboxylic acids is 1. The van der Waals surface area contributed by atoms with Crippen LogP contribution in [0.15, 0.2) is 0 Å². The van der Waals surface area contributed by atoms with Gasteiger partial charge in [0, 0.05) is 25.9 Å². The lowest BCUT2D eigenvalue weighted by atomic mass is 10.1. The molecule has 1 aliphatic rings. The van der Waals surface area contributed by atoms with E-state index in [0.29, 0.717) is 26.1 Å². The van der Waals surface area contributed by atoms with Crippen molar-refractivity contribution in [3.8, 4) is 0 Å². The van der Waals surface area contributed by atoms with Crippen LogP contribution in [-0.4, -0.2) is 41.5 Å². The van der Waals surface area contributed by atoms with Gasteiger partial charge in [-0.1, -0.05) is 6.92 Å². The Kier molecular flexibility index (Phi) is 4.02. The Morgan fingerprint density at radius 2 is 2.13 bits per heavy atom. The molecular weight excluding hydrogens is 204 g/mol. The third kappa shape index (κ3) is 4.11. The molecule has 1 heterocycles. The second-order valence-corrected chi connectivity index (χ2v) is 4.25. The number of rotatable bonds is 3. The molecule has 5 heteroatoms. The van der Waals surface area contributed by atoms with E-state index in [0.717, 1.165) is 0 Å². The number of alkyl halides is 2. The minimum Gasteiger partial charge on any atom is -0.481 e. The van der Waals surface area contributed by atoms with E-state index in [2.05, 4.69) is 0 Å². The van der Waals surface area contributed by atoms with Crippen molar-refractivity contribution in [1.29, 1.82) is 0 Å². The van der Waals surface area contributed by atoms with E-state index in [1.807, 2.05) is 4.90 Å². The van der Waals surface area contributed by atoms with Crippen LogP contribution in [0.2, 0.25) is 0 Å². The van der Waals surface area contributed by atoms with Crippen LogP contribution in [0.4, 0.5) is 8.78 Å². The molecule has 1 unspecified atom stereocenters. The van der Waals surface area contributed by atoms with Gasteiger partial charge in [-0.25, -0.2) is 8.78 Å². The first kappa shape index (κ1) is 12.4. The smallest absolute Gasteiger partial charge is 0.307 e. The number of likely N-dealkylation sites (tertiary alicyclic amines) is 1. The molecule has 0 spiro atoms. The zero-order valence-electron chi connectivity index (χ0n) is 8.88. The zero-order chi connectivity index (χ0) is 11.5. The summed E-state index contributed by atoms with van der Waals surface area (Å²) >= 11 is 0. The molecule has 3 nitrogen and oxygen atoms in total. The maximum Gasteiger partial charge on any atom is 0.307 e. The maximum atomic E-state index is 13.0. The van der Waals surface area contributed by atoms with E-state index in [9.17, 15) is 13.6 Å². The normalized spacial score (nSPS) is 24.5. The van der Waals surface area contributed by atoms with Crippen molar-refractivity contribution in [1.82, 2.24) is 4.90 Å².